The monoisotopic (exact) mass is 377 g/mol. The van der Waals surface area contributed by atoms with Gasteiger partial charge in [0.2, 0.25) is 0 Å². The number of nitrogens with zero attached hydrogens (tertiary/aromatic N) is 2. The highest BCUT2D eigenvalue weighted by molar-refractivity contribution is 7.78. The second kappa shape index (κ2) is 6.84. The molecule has 7 nitrogen and oxygen atoms in total. The zero-order valence-electron chi connectivity index (χ0n) is 13.1. The average molecular weight is 377 g/mol. The van der Waals surface area contributed by atoms with E-state index in [1.807, 2.05) is 0 Å². The van der Waals surface area contributed by atoms with Gasteiger partial charge in [-0.15, -0.1) is 0 Å². The fourth-order valence-electron chi connectivity index (χ4n) is 2.34. The van der Waals surface area contributed by atoms with Gasteiger partial charge in [0.15, 0.2) is 22.6 Å². The zero-order valence-corrected chi connectivity index (χ0v) is 13.9. The maximum Gasteiger partial charge on any atom is 0.416 e. The molecule has 0 amide bonds. The molecule has 136 valence electrons. The molecule has 1 unspecified atom stereocenters. The molecule has 1 aromatic carbocycles. The highest BCUT2D eigenvalue weighted by Gasteiger charge is 2.32. The molecule has 0 radical (unpaired) electrons. The number of anilines is 1. The minimum Gasteiger partial charge on any atom is -0.490 e. The van der Waals surface area contributed by atoms with Crippen LogP contribution in [0.3, 0.4) is 0 Å². The first-order valence-corrected chi connectivity index (χ1v) is 8.02. The maximum atomic E-state index is 12.9. The Morgan fingerprint density at radius 1 is 1.40 bits per heavy atom. The Balaban J connectivity index is 2.81. The average Bonchev–Trinajstić information content (AvgIpc) is 2.49. The van der Waals surface area contributed by atoms with Crippen molar-refractivity contribution in [3.05, 3.63) is 39.7 Å². The van der Waals surface area contributed by atoms with Gasteiger partial charge in [-0.1, -0.05) is 6.07 Å². The Labute approximate surface area is 142 Å². The molecule has 25 heavy (non-hydrogen) atoms. The van der Waals surface area contributed by atoms with Crippen LogP contribution in [0.4, 0.5) is 19.0 Å². The summed E-state index contributed by atoms with van der Waals surface area (Å²) in [6, 6.07) is 2.59. The SMILES string of the molecule is COc1c(-c2ccc(C(F)(F)F)cc2CS(=O)O)c(N)nn(C)c1=O. The molecule has 2 rings (SSSR count). The number of methoxy groups -OCH3 is 1. The summed E-state index contributed by atoms with van der Waals surface area (Å²) < 4.78 is 65.0. The fraction of sp³-hybridized carbons (Fsp3) is 0.286. The summed E-state index contributed by atoms with van der Waals surface area (Å²) in [5.41, 5.74) is 4.09. The number of rotatable bonds is 4. The third-order valence-corrected chi connectivity index (χ3v) is 3.97. The van der Waals surface area contributed by atoms with Gasteiger partial charge in [0.05, 0.1) is 24.0 Å². The van der Waals surface area contributed by atoms with E-state index in [9.17, 15) is 22.2 Å². The van der Waals surface area contributed by atoms with Crippen molar-refractivity contribution in [1.82, 2.24) is 9.78 Å². The molecule has 11 heteroatoms. The van der Waals surface area contributed by atoms with Crippen LogP contribution in [0.1, 0.15) is 11.1 Å². The third-order valence-electron chi connectivity index (χ3n) is 3.41. The van der Waals surface area contributed by atoms with E-state index in [0.717, 1.165) is 22.9 Å². The Morgan fingerprint density at radius 3 is 2.56 bits per heavy atom. The van der Waals surface area contributed by atoms with Gasteiger partial charge in [0.25, 0.3) is 0 Å². The van der Waals surface area contributed by atoms with Crippen LogP contribution in [-0.4, -0.2) is 25.7 Å². The first kappa shape index (κ1) is 18.9. The van der Waals surface area contributed by atoms with Crippen LogP contribution in [0, 0.1) is 0 Å². The molecule has 1 atom stereocenters. The summed E-state index contributed by atoms with van der Waals surface area (Å²) in [4.78, 5) is 12.1. The first-order chi connectivity index (χ1) is 11.6. The lowest BCUT2D eigenvalue weighted by molar-refractivity contribution is -0.137. The van der Waals surface area contributed by atoms with Gasteiger partial charge in [0, 0.05) is 7.05 Å². The number of ether oxygens (including phenoxy) is 1. The van der Waals surface area contributed by atoms with Gasteiger partial charge in [-0.05, 0) is 23.3 Å². The molecule has 3 N–H and O–H groups in total. The number of hydrogen-bond acceptors (Lipinski definition) is 5. The summed E-state index contributed by atoms with van der Waals surface area (Å²) in [7, 11) is 2.54. The standard InChI is InChI=1S/C14H14F3N3O4S/c1-20-13(21)11(24-2)10(12(18)19-20)9-4-3-8(14(15,16)17)5-7(9)6-25(22)23/h3-5H,6H2,1-2H3,(H2,18,19)(H,22,23). The Hall–Kier alpha value is -2.40. The normalized spacial score (nSPS) is 12.9. The van der Waals surface area contributed by atoms with Gasteiger partial charge in [-0.25, -0.2) is 8.89 Å². The van der Waals surface area contributed by atoms with E-state index in [4.69, 9.17) is 15.0 Å². The number of benzene rings is 1. The predicted octanol–water partition coefficient (Wildman–Crippen LogP) is 1.78. The zero-order chi connectivity index (χ0) is 18.9. The molecular weight excluding hydrogens is 363 g/mol. The summed E-state index contributed by atoms with van der Waals surface area (Å²) in [6.07, 6.45) is -4.63. The van der Waals surface area contributed by atoms with E-state index in [0.29, 0.717) is 0 Å². The van der Waals surface area contributed by atoms with Crippen LogP contribution in [-0.2, 0) is 30.1 Å². The molecule has 1 heterocycles. The van der Waals surface area contributed by atoms with Crippen molar-refractivity contribution in [3.8, 4) is 16.9 Å². The number of hydrogen-bond donors (Lipinski definition) is 2. The quantitative estimate of drug-likeness (QED) is 0.787. The Bertz CT molecular complexity index is 896. The van der Waals surface area contributed by atoms with Crippen molar-refractivity contribution in [1.29, 1.82) is 0 Å². The highest BCUT2D eigenvalue weighted by atomic mass is 32.2. The molecule has 0 bridgehead atoms. The number of alkyl halides is 3. The van der Waals surface area contributed by atoms with Crippen LogP contribution >= 0.6 is 0 Å². The topological polar surface area (TPSA) is 107 Å². The third kappa shape index (κ3) is 3.82. The van der Waals surface area contributed by atoms with Gasteiger partial charge in [-0.2, -0.15) is 18.3 Å². The molecule has 0 spiro atoms. The number of nitrogens with two attached hydrogens (primary N) is 1. The van der Waals surface area contributed by atoms with Crippen LogP contribution in [0.25, 0.3) is 11.1 Å². The highest BCUT2D eigenvalue weighted by Crippen LogP contribution is 2.38. The summed E-state index contributed by atoms with van der Waals surface area (Å²) in [6.45, 7) is 0. The van der Waals surface area contributed by atoms with Crippen molar-refractivity contribution in [2.75, 3.05) is 12.8 Å². The molecule has 0 aliphatic rings. The molecule has 0 saturated heterocycles. The minimum absolute atomic E-state index is 0.0280. The summed E-state index contributed by atoms with van der Waals surface area (Å²) in [5, 5.41) is 3.79. The fourth-order valence-corrected chi connectivity index (χ4v) is 2.85. The van der Waals surface area contributed by atoms with Crippen LogP contribution < -0.4 is 16.0 Å². The van der Waals surface area contributed by atoms with E-state index in [1.54, 1.807) is 0 Å². The molecule has 0 aliphatic carbocycles. The van der Waals surface area contributed by atoms with Crippen molar-refractivity contribution >= 4 is 16.9 Å². The second-order valence-corrected chi connectivity index (χ2v) is 5.99. The smallest absolute Gasteiger partial charge is 0.416 e. The number of aromatic nitrogens is 2. The van der Waals surface area contributed by atoms with E-state index in [-0.39, 0.29) is 28.3 Å². The minimum atomic E-state index is -4.63. The van der Waals surface area contributed by atoms with Crippen LogP contribution in [0.2, 0.25) is 0 Å². The van der Waals surface area contributed by atoms with Crippen LogP contribution in [0.5, 0.6) is 5.75 Å². The molecular formula is C14H14F3N3O4S. The molecule has 1 aromatic heterocycles. The van der Waals surface area contributed by atoms with Gasteiger partial charge >= 0.3 is 11.7 Å². The Morgan fingerprint density at radius 2 is 2.04 bits per heavy atom. The number of aryl methyl sites for hydroxylation is 1. The summed E-state index contributed by atoms with van der Waals surface area (Å²) >= 11 is -2.41. The van der Waals surface area contributed by atoms with Crippen molar-refractivity contribution in [3.63, 3.8) is 0 Å². The van der Waals surface area contributed by atoms with Gasteiger partial charge in [-0.3, -0.25) is 4.79 Å². The number of nitrogen functional groups attached to an aromatic ring is 1. The molecule has 0 fully saturated rings. The van der Waals surface area contributed by atoms with E-state index in [1.165, 1.54) is 14.2 Å². The van der Waals surface area contributed by atoms with E-state index in [2.05, 4.69) is 5.10 Å². The Kier molecular flexibility index (Phi) is 5.18. The lowest BCUT2D eigenvalue weighted by atomic mass is 9.98. The summed E-state index contributed by atoms with van der Waals surface area (Å²) in [5.74, 6) is -0.972. The largest absolute Gasteiger partial charge is 0.490 e. The van der Waals surface area contributed by atoms with Gasteiger partial charge in [0.1, 0.15) is 0 Å². The van der Waals surface area contributed by atoms with E-state index >= 15 is 0 Å². The predicted molar refractivity (Wildman–Crippen MR) is 85.4 cm³/mol. The molecule has 0 aliphatic heterocycles. The van der Waals surface area contributed by atoms with Crippen molar-refractivity contribution in [2.45, 2.75) is 11.9 Å². The van der Waals surface area contributed by atoms with Crippen molar-refractivity contribution < 1.29 is 26.7 Å². The maximum absolute atomic E-state index is 12.9. The van der Waals surface area contributed by atoms with Crippen molar-refractivity contribution in [2.24, 2.45) is 7.05 Å². The molecule has 2 aromatic rings. The van der Waals surface area contributed by atoms with Gasteiger partial charge < -0.3 is 15.0 Å². The lowest BCUT2D eigenvalue weighted by Gasteiger charge is -2.16. The van der Waals surface area contributed by atoms with Crippen LogP contribution in [0.15, 0.2) is 23.0 Å². The number of halogens is 3. The molecule has 0 saturated carbocycles. The lowest BCUT2D eigenvalue weighted by Crippen LogP contribution is -2.23. The van der Waals surface area contributed by atoms with E-state index < -0.39 is 34.1 Å². The first-order valence-electron chi connectivity index (χ1n) is 6.75. The second-order valence-electron chi connectivity index (χ2n) is 5.06.